The average molecular weight is 303 g/mol. The number of thiocarbonyl (C=S) groups is 1. The van der Waals surface area contributed by atoms with Crippen LogP contribution in [0.25, 0.3) is 0 Å². The maximum Gasteiger partial charge on any atom is 0.134 e. The minimum absolute atomic E-state index is 0.0605. The first-order valence-electron chi connectivity index (χ1n) is 7.35. The molecule has 2 aliphatic rings. The zero-order valence-electron chi connectivity index (χ0n) is 12.5. The fourth-order valence-electron chi connectivity index (χ4n) is 2.80. The predicted molar refractivity (Wildman–Crippen MR) is 88.7 cm³/mol. The Balaban J connectivity index is 1.95. The SMILES string of the molecule is CC1(C)C(=S)NC(c2ccccc2)=NC1N1CCOCC1. The van der Waals surface area contributed by atoms with E-state index < -0.39 is 0 Å². The molecule has 1 atom stereocenters. The van der Waals surface area contributed by atoms with Crippen molar-refractivity contribution in [3.05, 3.63) is 35.9 Å². The fraction of sp³-hybridized carbons (Fsp3) is 0.500. The number of aliphatic imine (C=N–C) groups is 1. The predicted octanol–water partition coefficient (Wildman–Crippen LogP) is 2.05. The Labute approximate surface area is 131 Å². The van der Waals surface area contributed by atoms with E-state index in [2.05, 4.69) is 36.2 Å². The van der Waals surface area contributed by atoms with Gasteiger partial charge in [-0.25, -0.2) is 4.99 Å². The summed E-state index contributed by atoms with van der Waals surface area (Å²) in [5.41, 5.74) is 0.902. The van der Waals surface area contributed by atoms with Crippen molar-refractivity contribution < 1.29 is 4.74 Å². The molecule has 112 valence electrons. The van der Waals surface area contributed by atoms with Gasteiger partial charge in [-0.3, -0.25) is 4.90 Å². The molecule has 1 unspecified atom stereocenters. The molecule has 1 saturated heterocycles. The molecule has 1 fully saturated rings. The van der Waals surface area contributed by atoms with E-state index in [0.717, 1.165) is 42.7 Å². The summed E-state index contributed by atoms with van der Waals surface area (Å²) in [6.07, 6.45) is 0.0605. The van der Waals surface area contributed by atoms with Gasteiger partial charge in [0.1, 0.15) is 12.0 Å². The van der Waals surface area contributed by atoms with Crippen molar-refractivity contribution in [2.45, 2.75) is 20.0 Å². The lowest BCUT2D eigenvalue weighted by atomic mass is 9.86. The third-order valence-electron chi connectivity index (χ3n) is 4.15. The van der Waals surface area contributed by atoms with Crippen molar-refractivity contribution in [2.75, 3.05) is 26.3 Å². The lowest BCUT2D eigenvalue weighted by Gasteiger charge is -2.44. The molecule has 21 heavy (non-hydrogen) atoms. The van der Waals surface area contributed by atoms with Crippen molar-refractivity contribution in [1.29, 1.82) is 0 Å². The first-order chi connectivity index (χ1) is 10.1. The van der Waals surface area contributed by atoms with Crippen LogP contribution in [0.3, 0.4) is 0 Å². The first kappa shape index (κ1) is 14.6. The summed E-state index contributed by atoms with van der Waals surface area (Å²) in [5, 5.41) is 3.32. The van der Waals surface area contributed by atoms with Gasteiger partial charge in [0.05, 0.1) is 23.6 Å². The van der Waals surface area contributed by atoms with Crippen LogP contribution >= 0.6 is 12.2 Å². The topological polar surface area (TPSA) is 36.9 Å². The number of hydrogen-bond donors (Lipinski definition) is 1. The van der Waals surface area contributed by atoms with Gasteiger partial charge in [-0.2, -0.15) is 0 Å². The summed E-state index contributed by atoms with van der Waals surface area (Å²) < 4.78 is 5.46. The number of benzene rings is 1. The van der Waals surface area contributed by atoms with Gasteiger partial charge < -0.3 is 10.1 Å². The summed E-state index contributed by atoms with van der Waals surface area (Å²) in [4.78, 5) is 8.20. The molecular weight excluding hydrogens is 282 g/mol. The number of rotatable bonds is 2. The van der Waals surface area contributed by atoms with Crippen LogP contribution in [-0.4, -0.2) is 48.2 Å². The zero-order chi connectivity index (χ0) is 14.9. The largest absolute Gasteiger partial charge is 0.379 e. The van der Waals surface area contributed by atoms with Crippen molar-refractivity contribution in [3.63, 3.8) is 0 Å². The molecule has 0 aromatic heterocycles. The number of amidine groups is 1. The van der Waals surface area contributed by atoms with Crippen molar-refractivity contribution >= 4 is 23.0 Å². The monoisotopic (exact) mass is 303 g/mol. The number of nitrogens with zero attached hydrogens (tertiary/aromatic N) is 2. The van der Waals surface area contributed by atoms with Crippen molar-refractivity contribution in [3.8, 4) is 0 Å². The number of nitrogens with one attached hydrogen (secondary N) is 1. The molecule has 3 rings (SSSR count). The molecule has 2 aliphatic heterocycles. The van der Waals surface area contributed by atoms with E-state index in [-0.39, 0.29) is 11.6 Å². The standard InChI is InChI=1S/C16H21N3OS/c1-16(2)14(19-8-10-20-11-9-19)17-13(18-15(16)21)12-6-4-3-5-7-12/h3-7,14H,8-11H2,1-2H3,(H,17,18,21). The molecule has 0 amide bonds. The Morgan fingerprint density at radius 1 is 1.24 bits per heavy atom. The molecule has 1 N–H and O–H groups in total. The van der Waals surface area contributed by atoms with E-state index in [1.54, 1.807) is 0 Å². The lowest BCUT2D eigenvalue weighted by molar-refractivity contribution is 0.000142. The third-order valence-corrected chi connectivity index (χ3v) is 4.78. The first-order valence-corrected chi connectivity index (χ1v) is 7.76. The van der Waals surface area contributed by atoms with Gasteiger partial charge in [0.25, 0.3) is 0 Å². The number of morpholine rings is 1. The average Bonchev–Trinajstić information content (AvgIpc) is 2.51. The molecule has 0 radical (unpaired) electrons. The van der Waals surface area contributed by atoms with Gasteiger partial charge in [0.2, 0.25) is 0 Å². The summed E-state index contributed by atoms with van der Waals surface area (Å²) in [5.74, 6) is 0.872. The number of ether oxygens (including phenoxy) is 1. The van der Waals surface area contributed by atoms with Gasteiger partial charge in [-0.15, -0.1) is 0 Å². The van der Waals surface area contributed by atoms with Gasteiger partial charge in [-0.05, 0) is 0 Å². The van der Waals surface area contributed by atoms with Crippen LogP contribution in [0.15, 0.2) is 35.3 Å². The maximum atomic E-state index is 5.62. The molecule has 5 heteroatoms. The Morgan fingerprint density at radius 2 is 1.90 bits per heavy atom. The molecule has 0 bridgehead atoms. The Hall–Kier alpha value is -1.30. The van der Waals surface area contributed by atoms with Crippen LogP contribution in [-0.2, 0) is 4.74 Å². The zero-order valence-corrected chi connectivity index (χ0v) is 13.3. The number of hydrogen-bond acceptors (Lipinski definition) is 4. The molecule has 4 nitrogen and oxygen atoms in total. The summed E-state index contributed by atoms with van der Waals surface area (Å²) >= 11 is 5.62. The highest BCUT2D eigenvalue weighted by Gasteiger charge is 2.41. The molecule has 0 aliphatic carbocycles. The summed E-state index contributed by atoms with van der Waals surface area (Å²) in [6, 6.07) is 10.2. The van der Waals surface area contributed by atoms with E-state index in [0.29, 0.717) is 0 Å². The molecule has 0 spiro atoms. The fourth-order valence-corrected chi connectivity index (χ4v) is 3.01. The van der Waals surface area contributed by atoms with Gasteiger partial charge >= 0.3 is 0 Å². The molecule has 1 aromatic rings. The minimum Gasteiger partial charge on any atom is -0.379 e. The summed E-state index contributed by atoms with van der Waals surface area (Å²) in [7, 11) is 0. The Bertz CT molecular complexity index is 550. The highest BCUT2D eigenvalue weighted by atomic mass is 32.1. The summed E-state index contributed by atoms with van der Waals surface area (Å²) in [6.45, 7) is 7.66. The van der Waals surface area contributed by atoms with Gasteiger partial charge in [0, 0.05) is 18.7 Å². The van der Waals surface area contributed by atoms with Gasteiger partial charge in [0.15, 0.2) is 0 Å². The molecule has 2 heterocycles. The van der Waals surface area contributed by atoms with Crippen molar-refractivity contribution in [1.82, 2.24) is 10.2 Å². The maximum absolute atomic E-state index is 5.62. The lowest BCUT2D eigenvalue weighted by Crippen LogP contribution is -2.58. The molecule has 1 aromatic carbocycles. The second-order valence-electron chi connectivity index (χ2n) is 6.04. The normalized spacial score (nSPS) is 26.1. The second-order valence-corrected chi connectivity index (χ2v) is 6.45. The van der Waals surface area contributed by atoms with Crippen molar-refractivity contribution in [2.24, 2.45) is 10.4 Å². The third kappa shape index (κ3) is 2.86. The Morgan fingerprint density at radius 3 is 2.57 bits per heavy atom. The molecule has 0 saturated carbocycles. The minimum atomic E-state index is -0.176. The van der Waals surface area contributed by atoms with E-state index in [1.807, 2.05) is 18.2 Å². The van der Waals surface area contributed by atoms with E-state index in [1.165, 1.54) is 0 Å². The highest BCUT2D eigenvalue weighted by molar-refractivity contribution is 7.80. The second kappa shape index (κ2) is 5.83. The van der Waals surface area contributed by atoms with Crippen LogP contribution in [0, 0.1) is 5.41 Å². The van der Waals surface area contributed by atoms with E-state index in [4.69, 9.17) is 21.9 Å². The van der Waals surface area contributed by atoms with Gasteiger partial charge in [-0.1, -0.05) is 56.4 Å². The van der Waals surface area contributed by atoms with E-state index in [9.17, 15) is 0 Å². The van der Waals surface area contributed by atoms with Crippen LogP contribution in [0.1, 0.15) is 19.4 Å². The van der Waals surface area contributed by atoms with Crippen LogP contribution in [0.5, 0.6) is 0 Å². The highest BCUT2D eigenvalue weighted by Crippen LogP contribution is 2.31. The molecular formula is C16H21N3OS. The quantitative estimate of drug-likeness (QED) is 0.849. The van der Waals surface area contributed by atoms with Crippen LogP contribution < -0.4 is 5.32 Å². The van der Waals surface area contributed by atoms with Crippen LogP contribution in [0.4, 0.5) is 0 Å². The Kier molecular flexibility index (Phi) is 4.06. The smallest absolute Gasteiger partial charge is 0.134 e. The van der Waals surface area contributed by atoms with E-state index >= 15 is 0 Å². The van der Waals surface area contributed by atoms with Crippen LogP contribution in [0.2, 0.25) is 0 Å².